The highest BCUT2D eigenvalue weighted by molar-refractivity contribution is 5.71. The molecule has 1 N–H and O–H groups in total. The molecule has 30 heavy (non-hydrogen) atoms. The summed E-state index contributed by atoms with van der Waals surface area (Å²) in [6.45, 7) is 0. The van der Waals surface area contributed by atoms with E-state index in [0.29, 0.717) is 5.56 Å². The molecule has 1 aromatic heterocycles. The SMILES string of the molecule is O=C1N[C@H](c2cncc(C#CC34CCC(CC3)CC4)c2)[C@@H](c2cc(F)ccc2F)O1. The lowest BCUT2D eigenvalue weighted by Gasteiger charge is -2.43. The lowest BCUT2D eigenvalue weighted by molar-refractivity contribution is 0.119. The summed E-state index contributed by atoms with van der Waals surface area (Å²) in [4.78, 5) is 16.2. The van der Waals surface area contributed by atoms with Crippen molar-refractivity contribution in [3.63, 3.8) is 0 Å². The van der Waals surface area contributed by atoms with Gasteiger partial charge in [0.05, 0.1) is 0 Å². The molecule has 2 heterocycles. The minimum absolute atomic E-state index is 0.00677. The fourth-order valence-corrected chi connectivity index (χ4v) is 4.99. The van der Waals surface area contributed by atoms with Crippen LogP contribution < -0.4 is 5.32 Å². The van der Waals surface area contributed by atoms with E-state index < -0.39 is 29.9 Å². The highest BCUT2D eigenvalue weighted by Crippen LogP contribution is 2.49. The smallest absolute Gasteiger partial charge is 0.408 e. The number of carbonyl (C=O) groups excluding carboxylic acids is 1. The first-order valence-electron chi connectivity index (χ1n) is 10.4. The van der Waals surface area contributed by atoms with Gasteiger partial charge in [0.1, 0.15) is 17.7 Å². The van der Waals surface area contributed by atoms with Gasteiger partial charge in [-0.15, -0.1) is 0 Å². The van der Waals surface area contributed by atoms with E-state index in [1.165, 1.54) is 19.3 Å². The lowest BCUT2D eigenvalue weighted by atomic mass is 9.61. The summed E-state index contributed by atoms with van der Waals surface area (Å²) in [5, 5.41) is 2.68. The van der Waals surface area contributed by atoms with Crippen LogP contribution in [0, 0.1) is 34.8 Å². The van der Waals surface area contributed by atoms with Crippen LogP contribution in [0.25, 0.3) is 0 Å². The number of amides is 1. The monoisotopic (exact) mass is 408 g/mol. The lowest BCUT2D eigenvalue weighted by Crippen LogP contribution is -2.32. The van der Waals surface area contributed by atoms with Gasteiger partial charge in [0, 0.05) is 28.9 Å². The van der Waals surface area contributed by atoms with Crippen LogP contribution in [0.5, 0.6) is 0 Å². The van der Waals surface area contributed by atoms with E-state index in [1.807, 2.05) is 6.07 Å². The molecule has 1 saturated heterocycles. The fourth-order valence-electron chi connectivity index (χ4n) is 4.99. The van der Waals surface area contributed by atoms with Crippen molar-refractivity contribution in [1.82, 2.24) is 10.3 Å². The van der Waals surface area contributed by atoms with Gasteiger partial charge in [0.2, 0.25) is 0 Å². The molecule has 3 saturated carbocycles. The zero-order valence-electron chi connectivity index (χ0n) is 16.5. The molecule has 0 radical (unpaired) electrons. The van der Waals surface area contributed by atoms with Crippen LogP contribution in [0.4, 0.5) is 13.6 Å². The molecule has 3 aliphatic carbocycles. The predicted molar refractivity (Wildman–Crippen MR) is 106 cm³/mol. The highest BCUT2D eigenvalue weighted by Gasteiger charge is 2.40. The quantitative estimate of drug-likeness (QED) is 0.695. The standard InChI is InChI=1S/C24H22F2N2O2/c25-18-1-2-20(26)19(12-18)22-21(28-23(29)30-22)17-11-16(13-27-14-17)6-10-24-7-3-15(4-8-24)5-9-24/h1-2,11-15,21-22H,3-5,7-9H2,(H,28,29)/t15?,21-,22-,24?/m1/s1. The maximum Gasteiger partial charge on any atom is 0.408 e. The Morgan fingerprint density at radius 3 is 2.63 bits per heavy atom. The van der Waals surface area contributed by atoms with E-state index >= 15 is 0 Å². The predicted octanol–water partition coefficient (Wildman–Crippen LogP) is 5.20. The Morgan fingerprint density at radius 2 is 1.87 bits per heavy atom. The first-order valence-corrected chi connectivity index (χ1v) is 10.4. The molecule has 6 rings (SSSR count). The number of rotatable bonds is 2. The molecule has 4 nitrogen and oxygen atoms in total. The van der Waals surface area contributed by atoms with Gasteiger partial charge in [-0.3, -0.25) is 4.98 Å². The number of hydrogen-bond donors (Lipinski definition) is 1. The second-order valence-electron chi connectivity index (χ2n) is 8.63. The van der Waals surface area contributed by atoms with Gasteiger partial charge in [0.15, 0.2) is 6.10 Å². The van der Waals surface area contributed by atoms with Crippen molar-refractivity contribution < 1.29 is 18.3 Å². The van der Waals surface area contributed by atoms with Gasteiger partial charge in [-0.05, 0) is 74.3 Å². The number of pyridine rings is 1. The van der Waals surface area contributed by atoms with E-state index in [0.717, 1.165) is 48.9 Å². The number of nitrogens with one attached hydrogen (secondary N) is 1. The average molecular weight is 408 g/mol. The Hall–Kier alpha value is -2.94. The summed E-state index contributed by atoms with van der Waals surface area (Å²) in [6, 6.07) is 4.30. The maximum atomic E-state index is 14.3. The number of fused-ring (bicyclic) bond motifs is 3. The molecule has 1 amide bonds. The van der Waals surface area contributed by atoms with E-state index in [9.17, 15) is 13.6 Å². The number of alkyl carbamates (subject to hydrolysis) is 1. The first kappa shape index (κ1) is 19.0. The van der Waals surface area contributed by atoms with Gasteiger partial charge >= 0.3 is 6.09 Å². The van der Waals surface area contributed by atoms with Crippen LogP contribution in [-0.4, -0.2) is 11.1 Å². The van der Waals surface area contributed by atoms with Crippen LogP contribution in [-0.2, 0) is 4.74 Å². The largest absolute Gasteiger partial charge is 0.439 e. The van der Waals surface area contributed by atoms with Gasteiger partial charge in [-0.25, -0.2) is 13.6 Å². The zero-order valence-corrected chi connectivity index (χ0v) is 16.5. The van der Waals surface area contributed by atoms with E-state index in [4.69, 9.17) is 4.74 Å². The van der Waals surface area contributed by atoms with E-state index in [1.54, 1.807) is 12.4 Å². The molecular weight excluding hydrogens is 386 g/mol. The summed E-state index contributed by atoms with van der Waals surface area (Å²) in [5.41, 5.74) is 1.50. The summed E-state index contributed by atoms with van der Waals surface area (Å²) in [7, 11) is 0. The van der Waals surface area contributed by atoms with Crippen molar-refractivity contribution in [3.8, 4) is 11.8 Å². The molecule has 4 fully saturated rings. The average Bonchev–Trinajstić information content (AvgIpc) is 3.17. The molecule has 2 bridgehead atoms. The second-order valence-corrected chi connectivity index (χ2v) is 8.63. The highest BCUT2D eigenvalue weighted by atomic mass is 19.1. The Bertz CT molecular complexity index is 1040. The number of halogens is 2. The third kappa shape index (κ3) is 3.54. The maximum absolute atomic E-state index is 14.3. The molecule has 154 valence electrons. The topological polar surface area (TPSA) is 51.2 Å². The molecule has 6 heteroatoms. The van der Waals surface area contributed by atoms with Gasteiger partial charge < -0.3 is 10.1 Å². The normalized spacial score (nSPS) is 29.7. The number of carbonyl (C=O) groups is 1. The Morgan fingerprint density at radius 1 is 1.10 bits per heavy atom. The van der Waals surface area contributed by atoms with Crippen molar-refractivity contribution in [2.24, 2.45) is 11.3 Å². The van der Waals surface area contributed by atoms with Crippen LogP contribution in [0.3, 0.4) is 0 Å². The van der Waals surface area contributed by atoms with Crippen LogP contribution >= 0.6 is 0 Å². The molecule has 2 atom stereocenters. The summed E-state index contributed by atoms with van der Waals surface area (Å²) in [5.74, 6) is 6.45. The van der Waals surface area contributed by atoms with Crippen molar-refractivity contribution >= 4 is 6.09 Å². The van der Waals surface area contributed by atoms with Crippen LogP contribution in [0.15, 0.2) is 36.7 Å². The van der Waals surface area contributed by atoms with Crippen LogP contribution in [0.1, 0.15) is 67.4 Å². The third-order valence-corrected chi connectivity index (χ3v) is 6.76. The summed E-state index contributed by atoms with van der Waals surface area (Å²) < 4.78 is 33.3. The van der Waals surface area contributed by atoms with Crippen LogP contribution in [0.2, 0.25) is 0 Å². The Balaban J connectivity index is 1.44. The van der Waals surface area contributed by atoms with E-state index in [-0.39, 0.29) is 11.0 Å². The summed E-state index contributed by atoms with van der Waals surface area (Å²) >= 11 is 0. The fraction of sp³-hybridized carbons (Fsp3) is 0.417. The molecular formula is C24H22F2N2O2. The zero-order chi connectivity index (χ0) is 20.7. The van der Waals surface area contributed by atoms with Gasteiger partial charge in [-0.1, -0.05) is 11.8 Å². The number of hydrogen-bond acceptors (Lipinski definition) is 3. The first-order chi connectivity index (χ1) is 14.5. The number of aromatic nitrogens is 1. The number of ether oxygens (including phenoxy) is 1. The number of nitrogens with zero attached hydrogens (tertiary/aromatic N) is 1. The molecule has 1 aromatic carbocycles. The van der Waals surface area contributed by atoms with Crippen molar-refractivity contribution in [2.45, 2.75) is 50.7 Å². The minimum Gasteiger partial charge on any atom is -0.439 e. The minimum atomic E-state index is -0.981. The molecule has 0 unspecified atom stereocenters. The molecule has 0 spiro atoms. The number of cyclic esters (lactones) is 1. The van der Waals surface area contributed by atoms with Gasteiger partial charge in [0.25, 0.3) is 0 Å². The number of benzene rings is 1. The van der Waals surface area contributed by atoms with Crippen molar-refractivity contribution in [2.75, 3.05) is 0 Å². The molecule has 1 aliphatic heterocycles. The van der Waals surface area contributed by atoms with E-state index in [2.05, 4.69) is 22.1 Å². The Kier molecular flexibility index (Phi) is 4.69. The Labute approximate surface area is 174 Å². The van der Waals surface area contributed by atoms with Crippen molar-refractivity contribution in [1.29, 1.82) is 0 Å². The third-order valence-electron chi connectivity index (χ3n) is 6.76. The molecule has 4 aliphatic rings. The molecule has 2 aromatic rings. The second kappa shape index (κ2) is 7.39. The van der Waals surface area contributed by atoms with Gasteiger partial charge in [-0.2, -0.15) is 0 Å². The van der Waals surface area contributed by atoms with Crippen molar-refractivity contribution in [3.05, 3.63) is 65.0 Å². The summed E-state index contributed by atoms with van der Waals surface area (Å²) in [6.07, 6.45) is 8.89.